The van der Waals surface area contributed by atoms with Gasteiger partial charge in [0.2, 0.25) is 5.89 Å². The van der Waals surface area contributed by atoms with E-state index in [-0.39, 0.29) is 11.8 Å². The topological polar surface area (TPSA) is 77.1 Å². The number of hydrogen-bond donors (Lipinski definition) is 0. The van der Waals surface area contributed by atoms with Crippen LogP contribution in [0.15, 0.2) is 4.52 Å². The molecule has 1 aliphatic heterocycles. The molecular formula is C15H18ClN5O2. The van der Waals surface area contributed by atoms with Crippen LogP contribution in [-0.4, -0.2) is 43.8 Å². The summed E-state index contributed by atoms with van der Waals surface area (Å²) in [5.41, 5.74) is 1.14. The minimum Gasteiger partial charge on any atom is -0.339 e. The number of nitrogens with zero attached hydrogens (tertiary/aromatic N) is 5. The van der Waals surface area contributed by atoms with E-state index in [1.165, 1.54) is 4.68 Å². The van der Waals surface area contributed by atoms with Gasteiger partial charge in [0.25, 0.3) is 5.91 Å². The molecule has 3 heterocycles. The molecule has 8 heteroatoms. The van der Waals surface area contributed by atoms with Crippen molar-refractivity contribution >= 4 is 17.5 Å². The number of aryl methyl sites for hydroxylation is 2. The summed E-state index contributed by atoms with van der Waals surface area (Å²) >= 11 is 6.20. The maximum Gasteiger partial charge on any atom is 0.258 e. The maximum atomic E-state index is 12.7. The minimum absolute atomic E-state index is 0.0787. The molecule has 1 aliphatic carbocycles. The summed E-state index contributed by atoms with van der Waals surface area (Å²) in [5.74, 6) is 1.97. The largest absolute Gasteiger partial charge is 0.339 e. The number of rotatable bonds is 3. The molecule has 1 saturated heterocycles. The van der Waals surface area contributed by atoms with Crippen LogP contribution >= 0.6 is 11.6 Å². The Balaban J connectivity index is 1.49. The molecule has 2 aromatic rings. The highest BCUT2D eigenvalue weighted by atomic mass is 35.5. The normalized spacial score (nSPS) is 21.2. The molecule has 0 N–H and O–H groups in total. The number of hydrogen-bond acceptors (Lipinski definition) is 5. The summed E-state index contributed by atoms with van der Waals surface area (Å²) < 4.78 is 6.92. The molecule has 1 amide bonds. The highest BCUT2D eigenvalue weighted by Gasteiger charge is 2.35. The average Bonchev–Trinajstić information content (AvgIpc) is 2.97. The molecule has 2 fully saturated rings. The van der Waals surface area contributed by atoms with Gasteiger partial charge in [0, 0.05) is 26.1 Å². The Morgan fingerprint density at radius 1 is 1.30 bits per heavy atom. The van der Waals surface area contributed by atoms with Gasteiger partial charge in [0.05, 0.1) is 17.2 Å². The Bertz CT molecular complexity index is 764. The van der Waals surface area contributed by atoms with Crippen LogP contribution in [0.3, 0.4) is 0 Å². The van der Waals surface area contributed by atoms with Gasteiger partial charge in [-0.3, -0.25) is 9.48 Å². The van der Waals surface area contributed by atoms with E-state index in [4.69, 9.17) is 16.1 Å². The van der Waals surface area contributed by atoms with Crippen molar-refractivity contribution in [3.05, 3.63) is 28.1 Å². The minimum atomic E-state index is -0.0787. The number of halogens is 1. The molecule has 1 atom stereocenters. The fourth-order valence-electron chi connectivity index (χ4n) is 3.10. The van der Waals surface area contributed by atoms with Crippen LogP contribution in [0.1, 0.15) is 58.9 Å². The first-order valence-corrected chi connectivity index (χ1v) is 8.24. The number of carbonyl (C=O) groups is 1. The van der Waals surface area contributed by atoms with E-state index in [1.54, 1.807) is 18.9 Å². The molecule has 2 aliphatic rings. The number of likely N-dealkylation sites (tertiary alicyclic amines) is 1. The van der Waals surface area contributed by atoms with Crippen LogP contribution in [-0.2, 0) is 7.05 Å². The van der Waals surface area contributed by atoms with Crippen LogP contribution in [0, 0.1) is 6.92 Å². The number of carbonyl (C=O) groups excluding carboxylic acids is 1. The second kappa shape index (κ2) is 5.33. The monoisotopic (exact) mass is 335 g/mol. The second-order valence-corrected chi connectivity index (χ2v) is 6.73. The standard InChI is InChI=1S/C15H18ClN5O2/c1-8-11(12(16)20(2)18-8)15(22)21-6-5-10(7-21)14-17-13(19-23-14)9-3-4-9/h9-10H,3-7H2,1-2H3/t10-/m0/s1. The van der Waals surface area contributed by atoms with Gasteiger partial charge in [-0.25, -0.2) is 0 Å². The van der Waals surface area contributed by atoms with Crippen molar-refractivity contribution in [1.82, 2.24) is 24.8 Å². The van der Waals surface area contributed by atoms with E-state index in [9.17, 15) is 4.79 Å². The molecule has 7 nitrogen and oxygen atoms in total. The van der Waals surface area contributed by atoms with Gasteiger partial charge in [0.15, 0.2) is 5.82 Å². The number of amides is 1. The molecule has 122 valence electrons. The first kappa shape index (κ1) is 14.7. The lowest BCUT2D eigenvalue weighted by Crippen LogP contribution is -2.29. The van der Waals surface area contributed by atoms with Crippen molar-refractivity contribution in [3.8, 4) is 0 Å². The zero-order valence-electron chi connectivity index (χ0n) is 13.1. The maximum absolute atomic E-state index is 12.7. The van der Waals surface area contributed by atoms with Gasteiger partial charge < -0.3 is 9.42 Å². The molecule has 0 bridgehead atoms. The van der Waals surface area contributed by atoms with Crippen molar-refractivity contribution in [1.29, 1.82) is 0 Å². The molecule has 2 aromatic heterocycles. The van der Waals surface area contributed by atoms with Crippen molar-refractivity contribution in [2.24, 2.45) is 7.05 Å². The zero-order chi connectivity index (χ0) is 16.1. The van der Waals surface area contributed by atoms with E-state index >= 15 is 0 Å². The summed E-state index contributed by atoms with van der Waals surface area (Å²) in [6.45, 7) is 3.04. The van der Waals surface area contributed by atoms with E-state index in [2.05, 4.69) is 15.2 Å². The summed E-state index contributed by atoms with van der Waals surface area (Å²) in [7, 11) is 1.73. The Hall–Kier alpha value is -1.89. The predicted molar refractivity (Wildman–Crippen MR) is 82.5 cm³/mol. The van der Waals surface area contributed by atoms with Crippen LogP contribution in [0.25, 0.3) is 0 Å². The summed E-state index contributed by atoms with van der Waals surface area (Å²) in [6, 6.07) is 0. The molecule has 4 rings (SSSR count). The van der Waals surface area contributed by atoms with Gasteiger partial charge in [0.1, 0.15) is 5.15 Å². The van der Waals surface area contributed by atoms with Crippen molar-refractivity contribution < 1.29 is 9.32 Å². The highest BCUT2D eigenvalue weighted by molar-refractivity contribution is 6.33. The van der Waals surface area contributed by atoms with Gasteiger partial charge in [-0.2, -0.15) is 10.1 Å². The summed E-state index contributed by atoms with van der Waals surface area (Å²) in [5, 5.41) is 8.64. The zero-order valence-corrected chi connectivity index (χ0v) is 13.9. The van der Waals surface area contributed by atoms with E-state index in [0.717, 1.165) is 25.1 Å². The first-order chi connectivity index (χ1) is 11.0. The average molecular weight is 336 g/mol. The first-order valence-electron chi connectivity index (χ1n) is 7.86. The van der Waals surface area contributed by atoms with Crippen molar-refractivity contribution in [2.45, 2.75) is 38.0 Å². The van der Waals surface area contributed by atoms with Gasteiger partial charge in [-0.15, -0.1) is 0 Å². The van der Waals surface area contributed by atoms with Crippen LogP contribution in [0.4, 0.5) is 0 Å². The van der Waals surface area contributed by atoms with Crippen LogP contribution in [0.2, 0.25) is 5.15 Å². The smallest absolute Gasteiger partial charge is 0.258 e. The Labute approximate surface area is 138 Å². The Kier molecular flexibility index (Phi) is 3.41. The molecule has 0 unspecified atom stereocenters. The summed E-state index contributed by atoms with van der Waals surface area (Å²) in [6.07, 6.45) is 3.12. The molecule has 1 saturated carbocycles. The molecule has 0 aromatic carbocycles. The second-order valence-electron chi connectivity index (χ2n) is 6.38. The van der Waals surface area contributed by atoms with E-state index < -0.39 is 0 Å². The van der Waals surface area contributed by atoms with Crippen LogP contribution < -0.4 is 0 Å². The Morgan fingerprint density at radius 3 is 2.74 bits per heavy atom. The SMILES string of the molecule is Cc1nn(C)c(Cl)c1C(=O)N1CC[C@H](c2nc(C3CC3)no2)C1. The third kappa shape index (κ3) is 2.52. The lowest BCUT2D eigenvalue weighted by molar-refractivity contribution is 0.0789. The van der Waals surface area contributed by atoms with Gasteiger partial charge in [-0.1, -0.05) is 16.8 Å². The van der Waals surface area contributed by atoms with Gasteiger partial charge >= 0.3 is 0 Å². The van der Waals surface area contributed by atoms with Crippen LogP contribution in [0.5, 0.6) is 0 Å². The third-order valence-electron chi connectivity index (χ3n) is 4.59. The van der Waals surface area contributed by atoms with E-state index in [0.29, 0.717) is 41.3 Å². The lowest BCUT2D eigenvalue weighted by Gasteiger charge is -2.15. The highest BCUT2D eigenvalue weighted by Crippen LogP contribution is 2.39. The Morgan fingerprint density at radius 2 is 2.09 bits per heavy atom. The lowest BCUT2D eigenvalue weighted by atomic mass is 10.1. The molecule has 0 spiro atoms. The number of aromatic nitrogens is 4. The van der Waals surface area contributed by atoms with E-state index in [1.807, 2.05) is 0 Å². The molecular weight excluding hydrogens is 318 g/mol. The predicted octanol–water partition coefficient (Wildman–Crippen LogP) is 2.27. The molecule has 23 heavy (non-hydrogen) atoms. The van der Waals surface area contributed by atoms with Gasteiger partial charge in [-0.05, 0) is 26.2 Å². The summed E-state index contributed by atoms with van der Waals surface area (Å²) in [4.78, 5) is 19.0. The third-order valence-corrected chi connectivity index (χ3v) is 5.02. The fraction of sp³-hybridized carbons (Fsp3) is 0.600. The molecule has 0 radical (unpaired) electrons. The quantitative estimate of drug-likeness (QED) is 0.860. The fourth-order valence-corrected chi connectivity index (χ4v) is 3.35. The van der Waals surface area contributed by atoms with Crippen molar-refractivity contribution in [3.63, 3.8) is 0 Å². The van der Waals surface area contributed by atoms with Crippen molar-refractivity contribution in [2.75, 3.05) is 13.1 Å².